The first kappa shape index (κ1) is 14.6. The number of hydrogen-bond acceptors (Lipinski definition) is 5. The number of carboxylic acids is 1. The van der Waals surface area contributed by atoms with E-state index in [9.17, 15) is 25.1 Å². The zero-order valence-corrected chi connectivity index (χ0v) is 10.6. The summed E-state index contributed by atoms with van der Waals surface area (Å²) in [5, 5.41) is 38.7. The molecule has 7 nitrogen and oxygen atoms in total. The Morgan fingerprint density at radius 2 is 2.06 bits per heavy atom. The van der Waals surface area contributed by atoms with E-state index in [1.54, 1.807) is 0 Å². The number of aliphatic hydroxyl groups is 2. The van der Waals surface area contributed by atoms with E-state index < -0.39 is 28.8 Å². The molecule has 0 spiro atoms. The number of carboxylic acid groups (broad SMARTS) is 1. The van der Waals surface area contributed by atoms with Gasteiger partial charge in [0.1, 0.15) is 6.10 Å². The fourth-order valence-corrected chi connectivity index (χ4v) is 1.73. The third kappa shape index (κ3) is 3.03. The molecular weight excluding hydrogens is 310 g/mol. The summed E-state index contributed by atoms with van der Waals surface area (Å²) in [4.78, 5) is 20.7. The molecule has 0 heterocycles. The summed E-state index contributed by atoms with van der Waals surface area (Å²) in [5.74, 6) is -1.31. The zero-order chi connectivity index (χ0) is 13.9. The highest BCUT2D eigenvalue weighted by Gasteiger charge is 2.26. The molecule has 0 radical (unpaired) electrons. The molecule has 0 fully saturated rings. The first-order valence-electron chi connectivity index (χ1n) is 4.82. The van der Waals surface area contributed by atoms with Gasteiger partial charge in [-0.1, -0.05) is 15.9 Å². The molecule has 18 heavy (non-hydrogen) atoms. The van der Waals surface area contributed by atoms with E-state index in [2.05, 4.69) is 15.9 Å². The van der Waals surface area contributed by atoms with Crippen molar-refractivity contribution >= 4 is 27.6 Å². The lowest BCUT2D eigenvalue weighted by molar-refractivity contribution is -0.386. The molecule has 0 saturated heterocycles. The van der Waals surface area contributed by atoms with E-state index in [4.69, 9.17) is 5.11 Å². The number of aromatic carboxylic acids is 1. The Balaban J connectivity index is 3.27. The minimum absolute atomic E-state index is 0.0337. The lowest BCUT2D eigenvalue weighted by Crippen LogP contribution is -2.20. The predicted molar refractivity (Wildman–Crippen MR) is 64.8 cm³/mol. The van der Waals surface area contributed by atoms with Crippen molar-refractivity contribution in [3.63, 3.8) is 0 Å². The van der Waals surface area contributed by atoms with E-state index in [-0.39, 0.29) is 16.5 Å². The van der Waals surface area contributed by atoms with Gasteiger partial charge in [-0.2, -0.15) is 0 Å². The number of nitrogens with zero attached hydrogens (tertiary/aromatic N) is 1. The largest absolute Gasteiger partial charge is 0.478 e. The molecule has 1 rings (SSSR count). The Bertz CT molecular complexity index is 477. The standard InChI is InChI=1S/C10H10BrNO6/c11-4-8(13)9(14)6-2-1-5(10(15)16)3-7(6)12(17)18/h1-3,8-9,13-14H,4H2,(H,15,16). The fourth-order valence-electron chi connectivity index (χ4n) is 1.38. The average molecular weight is 320 g/mol. The minimum Gasteiger partial charge on any atom is -0.478 e. The van der Waals surface area contributed by atoms with Crippen LogP contribution in [0.3, 0.4) is 0 Å². The maximum atomic E-state index is 10.8. The van der Waals surface area contributed by atoms with Crippen molar-refractivity contribution in [3.05, 3.63) is 39.4 Å². The number of carbonyl (C=O) groups is 1. The zero-order valence-electron chi connectivity index (χ0n) is 8.99. The van der Waals surface area contributed by atoms with Crippen molar-refractivity contribution in [1.29, 1.82) is 0 Å². The molecule has 98 valence electrons. The summed E-state index contributed by atoms with van der Waals surface area (Å²) >= 11 is 2.94. The lowest BCUT2D eigenvalue weighted by atomic mass is 10.0. The second-order valence-corrected chi connectivity index (χ2v) is 4.15. The van der Waals surface area contributed by atoms with Crippen molar-refractivity contribution in [3.8, 4) is 0 Å². The van der Waals surface area contributed by atoms with Gasteiger partial charge in [-0.05, 0) is 12.1 Å². The van der Waals surface area contributed by atoms with Gasteiger partial charge in [0.15, 0.2) is 0 Å². The van der Waals surface area contributed by atoms with Gasteiger partial charge >= 0.3 is 5.97 Å². The number of hydrogen-bond donors (Lipinski definition) is 3. The van der Waals surface area contributed by atoms with E-state index in [0.717, 1.165) is 18.2 Å². The van der Waals surface area contributed by atoms with Gasteiger partial charge in [0.05, 0.1) is 22.2 Å². The van der Waals surface area contributed by atoms with Crippen molar-refractivity contribution in [2.24, 2.45) is 0 Å². The van der Waals surface area contributed by atoms with Crippen LogP contribution >= 0.6 is 15.9 Å². The lowest BCUT2D eigenvalue weighted by Gasteiger charge is -2.15. The van der Waals surface area contributed by atoms with E-state index in [1.165, 1.54) is 0 Å². The Morgan fingerprint density at radius 3 is 2.50 bits per heavy atom. The van der Waals surface area contributed by atoms with Crippen LogP contribution in [-0.2, 0) is 0 Å². The molecule has 2 unspecified atom stereocenters. The quantitative estimate of drug-likeness (QED) is 0.424. The molecule has 0 bridgehead atoms. The second kappa shape index (κ2) is 5.89. The first-order chi connectivity index (χ1) is 8.38. The molecule has 0 aliphatic heterocycles. The van der Waals surface area contributed by atoms with Crippen LogP contribution in [0.1, 0.15) is 22.0 Å². The SMILES string of the molecule is O=C(O)c1ccc(C(O)C(O)CBr)c([N+](=O)[O-])c1. The molecule has 0 amide bonds. The number of nitro benzene ring substituents is 1. The number of aliphatic hydroxyl groups excluding tert-OH is 2. The van der Waals surface area contributed by atoms with Crippen LogP contribution < -0.4 is 0 Å². The Kier molecular flexibility index (Phi) is 4.76. The number of halogens is 1. The highest BCUT2D eigenvalue weighted by molar-refractivity contribution is 9.09. The molecule has 0 aromatic heterocycles. The monoisotopic (exact) mass is 319 g/mol. The molecule has 0 saturated carbocycles. The van der Waals surface area contributed by atoms with Gasteiger partial charge in [0.2, 0.25) is 0 Å². The van der Waals surface area contributed by atoms with Crippen LogP contribution in [0.2, 0.25) is 0 Å². The summed E-state index contributed by atoms with van der Waals surface area (Å²) in [6, 6.07) is 3.11. The normalized spacial score (nSPS) is 13.9. The summed E-state index contributed by atoms with van der Waals surface area (Å²) in [6.07, 6.45) is -2.69. The van der Waals surface area contributed by atoms with E-state index >= 15 is 0 Å². The van der Waals surface area contributed by atoms with Gasteiger partial charge in [0.25, 0.3) is 5.69 Å². The van der Waals surface area contributed by atoms with Crippen molar-refractivity contribution in [2.45, 2.75) is 12.2 Å². The van der Waals surface area contributed by atoms with Gasteiger partial charge in [-0.25, -0.2) is 4.79 Å². The van der Waals surface area contributed by atoms with Crippen LogP contribution in [0.4, 0.5) is 5.69 Å². The van der Waals surface area contributed by atoms with Crippen LogP contribution in [0.25, 0.3) is 0 Å². The minimum atomic E-state index is -1.47. The molecule has 2 atom stereocenters. The maximum Gasteiger partial charge on any atom is 0.335 e. The highest BCUT2D eigenvalue weighted by atomic mass is 79.9. The van der Waals surface area contributed by atoms with Crippen LogP contribution in [0.5, 0.6) is 0 Å². The topological polar surface area (TPSA) is 121 Å². The maximum absolute atomic E-state index is 10.8. The Morgan fingerprint density at radius 1 is 1.44 bits per heavy atom. The van der Waals surface area contributed by atoms with Crippen molar-refractivity contribution in [2.75, 3.05) is 5.33 Å². The molecule has 0 aliphatic carbocycles. The summed E-state index contributed by atoms with van der Waals surface area (Å²) in [7, 11) is 0. The Labute approximate surface area is 110 Å². The summed E-state index contributed by atoms with van der Waals surface area (Å²) in [5.41, 5.74) is -0.926. The van der Waals surface area contributed by atoms with Crippen LogP contribution in [0, 0.1) is 10.1 Å². The predicted octanol–water partition coefficient (Wildman–Crippen LogP) is 1.08. The second-order valence-electron chi connectivity index (χ2n) is 3.50. The van der Waals surface area contributed by atoms with Crippen molar-refractivity contribution < 1.29 is 25.0 Å². The van der Waals surface area contributed by atoms with Crippen LogP contribution in [0.15, 0.2) is 18.2 Å². The first-order valence-corrected chi connectivity index (χ1v) is 5.94. The third-order valence-corrected chi connectivity index (χ3v) is 2.98. The third-order valence-electron chi connectivity index (χ3n) is 2.32. The molecule has 1 aromatic rings. The molecule has 0 aliphatic rings. The van der Waals surface area contributed by atoms with E-state index in [0.29, 0.717) is 0 Å². The van der Waals surface area contributed by atoms with Gasteiger partial charge in [-0.3, -0.25) is 10.1 Å². The summed E-state index contributed by atoms with van der Waals surface area (Å²) < 4.78 is 0. The van der Waals surface area contributed by atoms with Gasteiger partial charge in [-0.15, -0.1) is 0 Å². The smallest absolute Gasteiger partial charge is 0.335 e. The number of rotatable bonds is 5. The van der Waals surface area contributed by atoms with Crippen molar-refractivity contribution in [1.82, 2.24) is 0 Å². The number of alkyl halides is 1. The molecule has 8 heteroatoms. The van der Waals surface area contributed by atoms with Crippen LogP contribution in [-0.4, -0.2) is 37.6 Å². The molecule has 1 aromatic carbocycles. The Hall–Kier alpha value is -1.51. The van der Waals surface area contributed by atoms with Gasteiger partial charge < -0.3 is 15.3 Å². The number of benzene rings is 1. The van der Waals surface area contributed by atoms with E-state index in [1.807, 2.05) is 0 Å². The number of nitro groups is 1. The summed E-state index contributed by atoms with van der Waals surface area (Å²) in [6.45, 7) is 0. The van der Waals surface area contributed by atoms with Gasteiger partial charge in [0, 0.05) is 11.4 Å². The molecular formula is C10H10BrNO6. The molecule has 3 N–H and O–H groups in total. The highest BCUT2D eigenvalue weighted by Crippen LogP contribution is 2.29. The average Bonchev–Trinajstić information content (AvgIpc) is 2.35. The fraction of sp³-hybridized carbons (Fsp3) is 0.300.